The van der Waals surface area contributed by atoms with Crippen molar-refractivity contribution in [1.82, 2.24) is 9.21 Å². The molecule has 4 rings (SSSR count). The molecule has 2 fully saturated rings. The molecule has 1 spiro atoms. The SMILES string of the molecule is CC(C)c1cc(CN2CC3(C2)CN(S(C)(=O)=O)C3)c(F)cc1-c1ccc(C(O)(C(F)(F)F)C(F)(F)F)cc1. The lowest BCUT2D eigenvalue weighted by atomic mass is 9.74. The minimum atomic E-state index is -6.00. The number of likely N-dealkylation sites (tertiary alicyclic amines) is 1. The Morgan fingerprint density at radius 1 is 0.947 bits per heavy atom. The van der Waals surface area contributed by atoms with Gasteiger partial charge < -0.3 is 5.11 Å². The van der Waals surface area contributed by atoms with E-state index in [-0.39, 0.29) is 23.4 Å². The molecule has 0 bridgehead atoms. The van der Waals surface area contributed by atoms with Crippen molar-refractivity contribution in [3.8, 4) is 11.1 Å². The number of hydrogen-bond acceptors (Lipinski definition) is 4. The molecule has 5 nitrogen and oxygen atoms in total. The van der Waals surface area contributed by atoms with E-state index in [0.717, 1.165) is 18.4 Å². The summed E-state index contributed by atoms with van der Waals surface area (Å²) in [5.74, 6) is -0.730. The van der Waals surface area contributed by atoms with Crippen molar-refractivity contribution >= 4 is 10.0 Å². The van der Waals surface area contributed by atoms with Gasteiger partial charge in [-0.2, -0.15) is 26.3 Å². The number of hydrogen-bond donors (Lipinski definition) is 1. The molecule has 0 aromatic heterocycles. The second-order valence-electron chi connectivity index (χ2n) is 10.6. The Hall–Kier alpha value is -2.22. The van der Waals surface area contributed by atoms with Crippen LogP contribution in [0.2, 0.25) is 0 Å². The Kier molecular flexibility index (Phi) is 6.95. The van der Waals surface area contributed by atoms with E-state index in [1.165, 1.54) is 10.4 Å². The van der Waals surface area contributed by atoms with E-state index in [1.54, 1.807) is 6.07 Å². The third kappa shape index (κ3) is 4.93. The fraction of sp³-hybridized carbons (Fsp3) is 0.520. The maximum atomic E-state index is 15.1. The van der Waals surface area contributed by atoms with Crippen LogP contribution in [-0.4, -0.2) is 67.5 Å². The number of nitrogens with zero attached hydrogens (tertiary/aromatic N) is 2. The molecule has 2 heterocycles. The number of rotatable bonds is 6. The van der Waals surface area contributed by atoms with Crippen LogP contribution >= 0.6 is 0 Å². The van der Waals surface area contributed by atoms with Gasteiger partial charge in [0.2, 0.25) is 10.0 Å². The third-order valence-electron chi connectivity index (χ3n) is 7.28. The highest BCUT2D eigenvalue weighted by Gasteiger charge is 2.71. The zero-order valence-electron chi connectivity index (χ0n) is 20.8. The lowest BCUT2D eigenvalue weighted by Gasteiger charge is -2.59. The van der Waals surface area contributed by atoms with Gasteiger partial charge in [-0.05, 0) is 28.7 Å². The number of halogens is 7. The van der Waals surface area contributed by atoms with Gasteiger partial charge in [-0.25, -0.2) is 17.1 Å². The maximum Gasteiger partial charge on any atom is 0.430 e. The fourth-order valence-corrected chi connectivity index (χ4v) is 6.27. The predicted molar refractivity (Wildman–Crippen MR) is 126 cm³/mol. The molecule has 13 heteroatoms. The van der Waals surface area contributed by atoms with E-state index >= 15 is 4.39 Å². The minimum Gasteiger partial charge on any atom is -0.369 e. The monoisotopic (exact) mass is 568 g/mol. The molecular formula is C25H27F7N2O3S. The quantitative estimate of drug-likeness (QED) is 0.499. The standard InChI is InChI=1S/C25H27F7N2O3S/c1-15(2)19-8-17(10-33-11-22(12-33)13-34(14-22)38(3,36)37)21(26)9-20(19)16-4-6-18(7-5-16)23(35,24(27,28)29)25(30,31)32/h4-9,15,35H,10-14H2,1-3H3. The summed E-state index contributed by atoms with van der Waals surface area (Å²) in [4.78, 5) is 1.99. The Labute approximate surface area is 215 Å². The molecule has 0 amide bonds. The smallest absolute Gasteiger partial charge is 0.369 e. The molecule has 2 saturated heterocycles. The Morgan fingerprint density at radius 3 is 1.92 bits per heavy atom. The summed E-state index contributed by atoms with van der Waals surface area (Å²) in [7, 11) is -3.24. The van der Waals surface area contributed by atoms with Crippen molar-refractivity contribution in [2.24, 2.45) is 5.41 Å². The lowest BCUT2D eigenvalue weighted by molar-refractivity contribution is -0.376. The molecule has 2 aromatic rings. The van der Waals surface area contributed by atoms with Crippen LogP contribution < -0.4 is 0 Å². The highest BCUT2D eigenvalue weighted by molar-refractivity contribution is 7.88. The zero-order chi connectivity index (χ0) is 28.5. The number of benzene rings is 2. The van der Waals surface area contributed by atoms with Gasteiger partial charge in [0.05, 0.1) is 6.26 Å². The molecule has 0 unspecified atom stereocenters. The van der Waals surface area contributed by atoms with Crippen LogP contribution in [0.25, 0.3) is 11.1 Å². The first kappa shape index (κ1) is 28.8. The van der Waals surface area contributed by atoms with Crippen LogP contribution in [0.1, 0.15) is 36.5 Å². The zero-order valence-corrected chi connectivity index (χ0v) is 21.6. The van der Waals surface area contributed by atoms with E-state index in [9.17, 15) is 39.9 Å². The van der Waals surface area contributed by atoms with Crippen molar-refractivity contribution in [3.63, 3.8) is 0 Å². The van der Waals surface area contributed by atoms with Gasteiger partial charge in [0.25, 0.3) is 5.60 Å². The summed E-state index contributed by atoms with van der Waals surface area (Å²) in [5, 5.41) is 9.62. The van der Waals surface area contributed by atoms with Gasteiger partial charge in [-0.15, -0.1) is 0 Å². The second kappa shape index (κ2) is 9.17. The number of sulfonamides is 1. The molecule has 1 N–H and O–H groups in total. The second-order valence-corrected chi connectivity index (χ2v) is 12.6. The van der Waals surface area contributed by atoms with Crippen molar-refractivity contribution in [2.45, 2.75) is 44.3 Å². The van der Waals surface area contributed by atoms with Crippen molar-refractivity contribution in [1.29, 1.82) is 0 Å². The van der Waals surface area contributed by atoms with Crippen molar-refractivity contribution in [2.75, 3.05) is 32.4 Å². The molecule has 210 valence electrons. The van der Waals surface area contributed by atoms with Gasteiger partial charge in [0.15, 0.2) is 0 Å². The maximum absolute atomic E-state index is 15.1. The van der Waals surface area contributed by atoms with Gasteiger partial charge in [0.1, 0.15) is 5.82 Å². The van der Waals surface area contributed by atoms with E-state index in [1.807, 2.05) is 18.7 Å². The van der Waals surface area contributed by atoms with Gasteiger partial charge in [-0.3, -0.25) is 4.90 Å². The van der Waals surface area contributed by atoms with E-state index in [0.29, 0.717) is 55.0 Å². The molecular weight excluding hydrogens is 541 g/mol. The van der Waals surface area contributed by atoms with E-state index < -0.39 is 39.4 Å². The Bertz CT molecular complexity index is 1290. The number of alkyl halides is 6. The van der Waals surface area contributed by atoms with Crippen LogP contribution in [-0.2, 0) is 22.2 Å². The Morgan fingerprint density at radius 2 is 1.47 bits per heavy atom. The summed E-state index contributed by atoms with van der Waals surface area (Å²) in [6.45, 7) is 6.00. The van der Waals surface area contributed by atoms with Crippen molar-refractivity contribution < 1.29 is 44.3 Å². The molecule has 0 aliphatic carbocycles. The summed E-state index contributed by atoms with van der Waals surface area (Å²) in [5.41, 5.74) is -5.00. The summed E-state index contributed by atoms with van der Waals surface area (Å²) < 4.78 is 119. The summed E-state index contributed by atoms with van der Waals surface area (Å²) in [6.07, 6.45) is -10.8. The first-order valence-electron chi connectivity index (χ1n) is 11.7. The van der Waals surface area contributed by atoms with E-state index in [2.05, 4.69) is 0 Å². The average molecular weight is 569 g/mol. The average Bonchev–Trinajstić information content (AvgIpc) is 2.72. The minimum absolute atomic E-state index is 0.128. The molecule has 2 aliphatic heterocycles. The molecule has 2 aromatic carbocycles. The topological polar surface area (TPSA) is 60.9 Å². The third-order valence-corrected chi connectivity index (χ3v) is 8.48. The van der Waals surface area contributed by atoms with Gasteiger partial charge >= 0.3 is 12.4 Å². The lowest BCUT2D eigenvalue weighted by Crippen LogP contribution is -2.72. The fourth-order valence-electron chi connectivity index (χ4n) is 5.26. The van der Waals surface area contributed by atoms with Crippen LogP contribution in [0.4, 0.5) is 30.7 Å². The van der Waals surface area contributed by atoms with Gasteiger partial charge in [0, 0.05) is 49.3 Å². The van der Waals surface area contributed by atoms with Gasteiger partial charge in [-0.1, -0.05) is 44.2 Å². The van der Waals surface area contributed by atoms with Crippen LogP contribution in [0.5, 0.6) is 0 Å². The Balaban J connectivity index is 1.56. The highest BCUT2D eigenvalue weighted by Crippen LogP contribution is 2.50. The van der Waals surface area contributed by atoms with Crippen LogP contribution in [0, 0.1) is 11.2 Å². The molecule has 2 aliphatic rings. The molecule has 38 heavy (non-hydrogen) atoms. The molecule has 0 radical (unpaired) electrons. The van der Waals surface area contributed by atoms with Crippen LogP contribution in [0.3, 0.4) is 0 Å². The molecule has 0 saturated carbocycles. The first-order valence-corrected chi connectivity index (χ1v) is 13.6. The predicted octanol–water partition coefficient (Wildman–Crippen LogP) is 5.01. The normalized spacial score (nSPS) is 19.1. The summed E-state index contributed by atoms with van der Waals surface area (Å²) >= 11 is 0. The number of aliphatic hydroxyl groups is 1. The molecule has 0 atom stereocenters. The van der Waals surface area contributed by atoms with Crippen molar-refractivity contribution in [3.05, 3.63) is 58.9 Å². The summed E-state index contributed by atoms with van der Waals surface area (Å²) in [6, 6.07) is 5.94. The highest BCUT2D eigenvalue weighted by atomic mass is 32.2. The van der Waals surface area contributed by atoms with Crippen LogP contribution in [0.15, 0.2) is 36.4 Å². The largest absolute Gasteiger partial charge is 0.430 e. The van der Waals surface area contributed by atoms with E-state index in [4.69, 9.17) is 0 Å². The first-order chi connectivity index (χ1) is 17.3.